The fourth-order valence-corrected chi connectivity index (χ4v) is 4.82. The SMILES string of the molecule is CCC[C@H]1CCC2(C(=O)O)C[C@H](CCC)CC[C@@H]2C1. The van der Waals surface area contributed by atoms with Crippen LogP contribution in [-0.4, -0.2) is 11.1 Å². The molecule has 1 unspecified atom stereocenters. The fourth-order valence-electron chi connectivity index (χ4n) is 4.82. The molecule has 0 radical (unpaired) electrons. The Morgan fingerprint density at radius 2 is 1.79 bits per heavy atom. The van der Waals surface area contributed by atoms with Crippen molar-refractivity contribution in [1.82, 2.24) is 0 Å². The summed E-state index contributed by atoms with van der Waals surface area (Å²) in [5.74, 6) is 1.43. The summed E-state index contributed by atoms with van der Waals surface area (Å²) >= 11 is 0. The molecule has 2 saturated carbocycles. The molecule has 2 aliphatic rings. The van der Waals surface area contributed by atoms with E-state index in [0.29, 0.717) is 11.8 Å². The average molecular weight is 266 g/mol. The van der Waals surface area contributed by atoms with Gasteiger partial charge in [-0.25, -0.2) is 0 Å². The summed E-state index contributed by atoms with van der Waals surface area (Å²) in [5, 5.41) is 9.83. The van der Waals surface area contributed by atoms with E-state index in [2.05, 4.69) is 13.8 Å². The van der Waals surface area contributed by atoms with Crippen LogP contribution in [0.4, 0.5) is 0 Å². The second-order valence-corrected chi connectivity index (χ2v) is 7.02. The number of hydrogen-bond donors (Lipinski definition) is 1. The minimum atomic E-state index is -0.492. The molecule has 19 heavy (non-hydrogen) atoms. The van der Waals surface area contributed by atoms with Crippen molar-refractivity contribution in [2.24, 2.45) is 23.2 Å². The summed E-state index contributed by atoms with van der Waals surface area (Å²) in [6, 6.07) is 0. The first kappa shape index (κ1) is 14.9. The van der Waals surface area contributed by atoms with E-state index >= 15 is 0 Å². The number of rotatable bonds is 5. The molecule has 0 aromatic heterocycles. The standard InChI is InChI=1S/C17H30O2/c1-3-5-13-9-10-17(16(18)19)12-14(6-4-2)7-8-15(17)11-13/h13-15H,3-12H2,1-2H3,(H,18,19)/t13-,14+,15+,17?/m0/s1. The molecule has 2 aliphatic carbocycles. The lowest BCUT2D eigenvalue weighted by Crippen LogP contribution is -2.47. The van der Waals surface area contributed by atoms with Gasteiger partial charge in [0.05, 0.1) is 5.41 Å². The fraction of sp³-hybridized carbons (Fsp3) is 0.941. The van der Waals surface area contributed by atoms with Gasteiger partial charge in [-0.3, -0.25) is 4.79 Å². The van der Waals surface area contributed by atoms with Crippen LogP contribution in [0.2, 0.25) is 0 Å². The zero-order valence-corrected chi connectivity index (χ0v) is 12.7. The van der Waals surface area contributed by atoms with Crippen LogP contribution in [-0.2, 0) is 4.79 Å². The zero-order chi connectivity index (χ0) is 13.9. The second-order valence-electron chi connectivity index (χ2n) is 7.02. The van der Waals surface area contributed by atoms with Crippen molar-refractivity contribution in [1.29, 1.82) is 0 Å². The van der Waals surface area contributed by atoms with Crippen LogP contribution < -0.4 is 0 Å². The van der Waals surface area contributed by atoms with Gasteiger partial charge in [-0.1, -0.05) is 46.0 Å². The maximum absolute atomic E-state index is 11.9. The summed E-state index contributed by atoms with van der Waals surface area (Å²) in [6.45, 7) is 4.47. The molecule has 2 heteroatoms. The molecule has 1 N–H and O–H groups in total. The predicted molar refractivity (Wildman–Crippen MR) is 78.1 cm³/mol. The molecule has 0 aromatic rings. The maximum atomic E-state index is 11.9. The third-order valence-corrected chi connectivity index (χ3v) is 5.79. The van der Waals surface area contributed by atoms with E-state index in [-0.39, 0.29) is 5.41 Å². The van der Waals surface area contributed by atoms with E-state index in [1.54, 1.807) is 0 Å². The van der Waals surface area contributed by atoms with Crippen LogP contribution >= 0.6 is 0 Å². The molecule has 0 aliphatic heterocycles. The minimum Gasteiger partial charge on any atom is -0.481 e. The van der Waals surface area contributed by atoms with Gasteiger partial charge in [0, 0.05) is 0 Å². The monoisotopic (exact) mass is 266 g/mol. The topological polar surface area (TPSA) is 37.3 Å². The van der Waals surface area contributed by atoms with Gasteiger partial charge in [0.2, 0.25) is 0 Å². The van der Waals surface area contributed by atoms with Gasteiger partial charge in [-0.05, 0) is 49.9 Å². The van der Waals surface area contributed by atoms with E-state index in [1.165, 1.54) is 38.5 Å². The average Bonchev–Trinajstić information content (AvgIpc) is 2.39. The first-order valence-corrected chi connectivity index (χ1v) is 8.35. The van der Waals surface area contributed by atoms with Gasteiger partial charge in [-0.2, -0.15) is 0 Å². The number of fused-ring (bicyclic) bond motifs is 1. The Bertz CT molecular complexity index is 312. The van der Waals surface area contributed by atoms with Crippen molar-refractivity contribution in [3.8, 4) is 0 Å². The Hall–Kier alpha value is -0.530. The molecule has 2 nitrogen and oxygen atoms in total. The molecule has 2 fully saturated rings. The van der Waals surface area contributed by atoms with Gasteiger partial charge in [0.25, 0.3) is 0 Å². The van der Waals surface area contributed by atoms with Crippen LogP contribution in [0.5, 0.6) is 0 Å². The predicted octanol–water partition coefficient (Wildman–Crippen LogP) is 4.87. The van der Waals surface area contributed by atoms with Crippen LogP contribution in [0.3, 0.4) is 0 Å². The molecular formula is C17H30O2. The van der Waals surface area contributed by atoms with Crippen LogP contribution in [0, 0.1) is 23.2 Å². The number of hydrogen-bond acceptors (Lipinski definition) is 1. The summed E-state index contributed by atoms with van der Waals surface area (Å²) in [5.41, 5.74) is -0.359. The van der Waals surface area contributed by atoms with Crippen molar-refractivity contribution < 1.29 is 9.90 Å². The first-order chi connectivity index (χ1) is 9.12. The summed E-state index contributed by atoms with van der Waals surface area (Å²) < 4.78 is 0. The van der Waals surface area contributed by atoms with Gasteiger partial charge in [-0.15, -0.1) is 0 Å². The van der Waals surface area contributed by atoms with Gasteiger partial charge in [0.1, 0.15) is 0 Å². The number of aliphatic carboxylic acids is 1. The largest absolute Gasteiger partial charge is 0.481 e. The number of carboxylic acids is 1. The number of carboxylic acid groups (broad SMARTS) is 1. The highest BCUT2D eigenvalue weighted by Gasteiger charge is 2.51. The summed E-state index contributed by atoms with van der Waals surface area (Å²) in [4.78, 5) is 11.9. The zero-order valence-electron chi connectivity index (χ0n) is 12.7. The van der Waals surface area contributed by atoms with Crippen molar-refractivity contribution in [3.05, 3.63) is 0 Å². The third kappa shape index (κ3) is 2.98. The minimum absolute atomic E-state index is 0.359. The van der Waals surface area contributed by atoms with Crippen LogP contribution in [0.15, 0.2) is 0 Å². The highest BCUT2D eigenvalue weighted by molar-refractivity contribution is 5.75. The highest BCUT2D eigenvalue weighted by Crippen LogP contribution is 2.54. The Morgan fingerprint density at radius 1 is 1.11 bits per heavy atom. The lowest BCUT2D eigenvalue weighted by molar-refractivity contribution is -0.161. The molecule has 2 rings (SSSR count). The molecule has 4 atom stereocenters. The van der Waals surface area contributed by atoms with Crippen LogP contribution in [0.25, 0.3) is 0 Å². The van der Waals surface area contributed by atoms with Crippen LogP contribution in [0.1, 0.15) is 78.1 Å². The van der Waals surface area contributed by atoms with E-state index < -0.39 is 5.97 Å². The lowest BCUT2D eigenvalue weighted by Gasteiger charge is -2.49. The van der Waals surface area contributed by atoms with Gasteiger partial charge in [0.15, 0.2) is 0 Å². The molecule has 0 aromatic carbocycles. The first-order valence-electron chi connectivity index (χ1n) is 8.35. The molecule has 110 valence electrons. The van der Waals surface area contributed by atoms with E-state index in [4.69, 9.17) is 0 Å². The Balaban J connectivity index is 2.08. The molecule has 0 heterocycles. The lowest BCUT2D eigenvalue weighted by atomic mass is 9.54. The normalized spacial score (nSPS) is 38.7. The van der Waals surface area contributed by atoms with Crippen molar-refractivity contribution in [3.63, 3.8) is 0 Å². The summed E-state index contributed by atoms with van der Waals surface area (Å²) in [7, 11) is 0. The van der Waals surface area contributed by atoms with Crippen molar-refractivity contribution >= 4 is 5.97 Å². The smallest absolute Gasteiger partial charge is 0.309 e. The Labute approximate surface area is 118 Å². The van der Waals surface area contributed by atoms with Gasteiger partial charge < -0.3 is 5.11 Å². The highest BCUT2D eigenvalue weighted by atomic mass is 16.4. The third-order valence-electron chi connectivity index (χ3n) is 5.79. The molecule has 0 saturated heterocycles. The van der Waals surface area contributed by atoms with Crippen molar-refractivity contribution in [2.75, 3.05) is 0 Å². The van der Waals surface area contributed by atoms with E-state index in [1.807, 2.05) is 0 Å². The molecule has 0 amide bonds. The number of carbonyl (C=O) groups is 1. The molecule has 0 bridgehead atoms. The molecule has 0 spiro atoms. The van der Waals surface area contributed by atoms with E-state index in [0.717, 1.165) is 31.6 Å². The molecular weight excluding hydrogens is 236 g/mol. The second kappa shape index (κ2) is 6.28. The van der Waals surface area contributed by atoms with Gasteiger partial charge >= 0.3 is 5.97 Å². The Morgan fingerprint density at radius 3 is 2.42 bits per heavy atom. The van der Waals surface area contributed by atoms with E-state index in [9.17, 15) is 9.90 Å². The quantitative estimate of drug-likeness (QED) is 0.770. The van der Waals surface area contributed by atoms with Crippen molar-refractivity contribution in [2.45, 2.75) is 78.1 Å². The summed E-state index contributed by atoms with van der Waals surface area (Å²) in [6.07, 6.45) is 11.6. The maximum Gasteiger partial charge on any atom is 0.309 e. The Kier molecular flexibility index (Phi) is 4.92.